The van der Waals surface area contributed by atoms with E-state index in [1.807, 2.05) is 0 Å². The summed E-state index contributed by atoms with van der Waals surface area (Å²) in [5, 5.41) is 11.5. The fourth-order valence-electron chi connectivity index (χ4n) is 1.97. The van der Waals surface area contributed by atoms with E-state index in [4.69, 9.17) is 14.6 Å². The van der Waals surface area contributed by atoms with E-state index in [1.165, 1.54) is 24.3 Å². The zero-order chi connectivity index (χ0) is 19.2. The number of hydrogen-bond acceptors (Lipinski definition) is 5. The van der Waals surface area contributed by atoms with E-state index in [2.05, 4.69) is 5.32 Å². The number of amides is 1. The van der Waals surface area contributed by atoms with Gasteiger partial charge >= 0.3 is 12.1 Å². The standard InChI is InChI=1S/C18H25NO6/c1-6-14(16(21)22)24-13-9-7-12(8-10-13)15(20)11(2)19-17(23)25-18(3,4)5/h7-11,14H,6H2,1-5H3,(H,19,23)(H,21,22). The minimum Gasteiger partial charge on any atom is -0.479 e. The van der Waals surface area contributed by atoms with E-state index in [0.29, 0.717) is 17.7 Å². The van der Waals surface area contributed by atoms with Crippen LogP contribution in [0, 0.1) is 0 Å². The number of hydrogen-bond donors (Lipinski definition) is 2. The van der Waals surface area contributed by atoms with Crippen molar-refractivity contribution in [2.45, 2.75) is 58.8 Å². The van der Waals surface area contributed by atoms with Gasteiger partial charge in [-0.05, 0) is 58.4 Å². The van der Waals surface area contributed by atoms with Gasteiger partial charge in [0.05, 0.1) is 6.04 Å². The molecule has 1 amide bonds. The highest BCUT2D eigenvalue weighted by atomic mass is 16.6. The molecular formula is C18H25NO6. The molecule has 0 saturated heterocycles. The van der Waals surface area contributed by atoms with Crippen molar-refractivity contribution in [1.29, 1.82) is 0 Å². The predicted molar refractivity (Wildman–Crippen MR) is 91.9 cm³/mol. The smallest absolute Gasteiger partial charge is 0.408 e. The second-order valence-corrected chi connectivity index (χ2v) is 6.61. The Bertz CT molecular complexity index is 617. The first-order chi connectivity index (χ1) is 11.5. The number of benzene rings is 1. The van der Waals surface area contributed by atoms with Crippen LogP contribution in [0.2, 0.25) is 0 Å². The van der Waals surface area contributed by atoms with Crippen LogP contribution >= 0.6 is 0 Å². The molecule has 0 aromatic heterocycles. The molecule has 2 N–H and O–H groups in total. The molecule has 7 heteroatoms. The molecule has 1 aromatic carbocycles. The van der Waals surface area contributed by atoms with Gasteiger partial charge in [-0.2, -0.15) is 0 Å². The van der Waals surface area contributed by atoms with Gasteiger partial charge in [0.1, 0.15) is 11.4 Å². The van der Waals surface area contributed by atoms with E-state index in [0.717, 1.165) is 0 Å². The Hall–Kier alpha value is -2.57. The van der Waals surface area contributed by atoms with Crippen molar-refractivity contribution in [2.75, 3.05) is 0 Å². The van der Waals surface area contributed by atoms with Gasteiger partial charge in [0.25, 0.3) is 0 Å². The van der Waals surface area contributed by atoms with Crippen molar-refractivity contribution < 1.29 is 29.0 Å². The highest BCUT2D eigenvalue weighted by molar-refractivity contribution is 6.01. The molecular weight excluding hydrogens is 326 g/mol. The van der Waals surface area contributed by atoms with E-state index in [-0.39, 0.29) is 5.78 Å². The molecule has 0 aliphatic carbocycles. The molecule has 2 atom stereocenters. The van der Waals surface area contributed by atoms with Gasteiger partial charge in [0, 0.05) is 5.56 Å². The summed E-state index contributed by atoms with van der Waals surface area (Å²) in [5.74, 6) is -0.973. The number of ether oxygens (including phenoxy) is 2. The summed E-state index contributed by atoms with van der Waals surface area (Å²) in [4.78, 5) is 35.0. The Labute approximate surface area is 147 Å². The quantitative estimate of drug-likeness (QED) is 0.732. The minimum absolute atomic E-state index is 0.289. The lowest BCUT2D eigenvalue weighted by Gasteiger charge is -2.21. The first-order valence-corrected chi connectivity index (χ1v) is 8.06. The molecule has 0 spiro atoms. The van der Waals surface area contributed by atoms with Crippen molar-refractivity contribution in [3.63, 3.8) is 0 Å². The number of carboxylic acids is 1. The third-order valence-electron chi connectivity index (χ3n) is 3.19. The number of nitrogens with one attached hydrogen (secondary N) is 1. The SMILES string of the molecule is CCC(Oc1ccc(C(=O)C(C)NC(=O)OC(C)(C)C)cc1)C(=O)O. The summed E-state index contributed by atoms with van der Waals surface area (Å²) in [6, 6.07) is 5.35. The lowest BCUT2D eigenvalue weighted by atomic mass is 10.1. The summed E-state index contributed by atoms with van der Waals surface area (Å²) in [6.07, 6.45) is -1.28. The van der Waals surface area contributed by atoms with E-state index in [9.17, 15) is 14.4 Å². The van der Waals surface area contributed by atoms with Crippen molar-refractivity contribution in [3.05, 3.63) is 29.8 Å². The van der Waals surface area contributed by atoms with E-state index < -0.39 is 29.8 Å². The lowest BCUT2D eigenvalue weighted by Crippen LogP contribution is -2.41. The topological polar surface area (TPSA) is 102 Å². The number of carbonyl (C=O) groups is 3. The molecule has 1 rings (SSSR count). The molecule has 138 valence electrons. The number of rotatable bonds is 7. The second kappa shape index (κ2) is 8.50. The average molecular weight is 351 g/mol. The van der Waals surface area contributed by atoms with E-state index in [1.54, 1.807) is 34.6 Å². The van der Waals surface area contributed by atoms with Crippen LogP contribution in [-0.4, -0.2) is 40.7 Å². The zero-order valence-corrected chi connectivity index (χ0v) is 15.2. The van der Waals surface area contributed by atoms with Crippen LogP contribution in [0.25, 0.3) is 0 Å². The Balaban J connectivity index is 2.70. The minimum atomic E-state index is -1.04. The molecule has 0 aliphatic rings. The maximum atomic E-state index is 12.3. The summed E-state index contributed by atoms with van der Waals surface area (Å²) >= 11 is 0. The first-order valence-electron chi connectivity index (χ1n) is 8.06. The Morgan fingerprint density at radius 3 is 2.16 bits per heavy atom. The van der Waals surface area contributed by atoms with Crippen LogP contribution in [0.5, 0.6) is 5.75 Å². The van der Waals surface area contributed by atoms with Gasteiger partial charge in [-0.3, -0.25) is 4.79 Å². The van der Waals surface area contributed by atoms with Gasteiger partial charge in [-0.1, -0.05) is 6.92 Å². The fourth-order valence-corrected chi connectivity index (χ4v) is 1.97. The second-order valence-electron chi connectivity index (χ2n) is 6.61. The third-order valence-corrected chi connectivity index (χ3v) is 3.19. The van der Waals surface area contributed by atoms with Crippen LogP contribution < -0.4 is 10.1 Å². The molecule has 0 radical (unpaired) electrons. The van der Waals surface area contributed by atoms with Crippen molar-refractivity contribution >= 4 is 17.8 Å². The van der Waals surface area contributed by atoms with Crippen LogP contribution in [-0.2, 0) is 9.53 Å². The molecule has 2 unspecified atom stereocenters. The number of carboxylic acid groups (broad SMARTS) is 1. The van der Waals surface area contributed by atoms with Gasteiger partial charge in [0.2, 0.25) is 0 Å². The van der Waals surface area contributed by atoms with Crippen LogP contribution in [0.3, 0.4) is 0 Å². The number of ketones is 1. The molecule has 25 heavy (non-hydrogen) atoms. The normalized spacial score (nSPS) is 13.5. The van der Waals surface area contributed by atoms with Crippen molar-refractivity contribution in [1.82, 2.24) is 5.32 Å². The summed E-state index contributed by atoms with van der Waals surface area (Å²) in [5.41, 5.74) is -0.273. The maximum Gasteiger partial charge on any atom is 0.408 e. The Morgan fingerprint density at radius 2 is 1.72 bits per heavy atom. The molecule has 7 nitrogen and oxygen atoms in total. The number of Topliss-reactive ketones (excluding diaryl/α,β-unsaturated/α-hetero) is 1. The van der Waals surface area contributed by atoms with Gasteiger partial charge in [-0.25, -0.2) is 9.59 Å². The van der Waals surface area contributed by atoms with Gasteiger partial charge in [0.15, 0.2) is 11.9 Å². The third kappa shape index (κ3) is 6.82. The van der Waals surface area contributed by atoms with Gasteiger partial charge in [-0.15, -0.1) is 0 Å². The molecule has 0 heterocycles. The number of aliphatic carboxylic acids is 1. The molecule has 0 saturated carbocycles. The largest absolute Gasteiger partial charge is 0.479 e. The van der Waals surface area contributed by atoms with Crippen LogP contribution in [0.4, 0.5) is 4.79 Å². The Morgan fingerprint density at radius 1 is 1.16 bits per heavy atom. The van der Waals surface area contributed by atoms with Crippen LogP contribution in [0.1, 0.15) is 51.4 Å². The molecule has 0 fully saturated rings. The van der Waals surface area contributed by atoms with Crippen LogP contribution in [0.15, 0.2) is 24.3 Å². The molecule has 1 aromatic rings. The van der Waals surface area contributed by atoms with E-state index >= 15 is 0 Å². The first kappa shape index (κ1) is 20.5. The monoisotopic (exact) mass is 351 g/mol. The maximum absolute atomic E-state index is 12.3. The van der Waals surface area contributed by atoms with Crippen molar-refractivity contribution in [3.8, 4) is 5.75 Å². The average Bonchev–Trinajstić information content (AvgIpc) is 2.50. The number of carbonyl (C=O) groups excluding carboxylic acids is 2. The van der Waals surface area contributed by atoms with Gasteiger partial charge < -0.3 is 19.9 Å². The highest BCUT2D eigenvalue weighted by Gasteiger charge is 2.22. The zero-order valence-electron chi connectivity index (χ0n) is 15.2. The lowest BCUT2D eigenvalue weighted by molar-refractivity contribution is -0.145. The molecule has 0 bridgehead atoms. The summed E-state index contributed by atoms with van der Waals surface area (Å²) < 4.78 is 10.5. The highest BCUT2D eigenvalue weighted by Crippen LogP contribution is 2.16. The number of alkyl carbamates (subject to hydrolysis) is 1. The fraction of sp³-hybridized carbons (Fsp3) is 0.500. The summed E-state index contributed by atoms with van der Waals surface area (Å²) in [6.45, 7) is 8.48. The van der Waals surface area contributed by atoms with Crippen molar-refractivity contribution in [2.24, 2.45) is 0 Å². The predicted octanol–water partition coefficient (Wildman–Crippen LogP) is 3.02. The molecule has 0 aliphatic heterocycles. The Kier molecular flexibility index (Phi) is 6.97. The summed E-state index contributed by atoms with van der Waals surface area (Å²) in [7, 11) is 0.